The molecule has 1 heterocycles. The highest BCUT2D eigenvalue weighted by Gasteiger charge is 2.17. The number of nitrogens with zero attached hydrogens (tertiary/aromatic N) is 1. The first-order chi connectivity index (χ1) is 7.45. The lowest BCUT2D eigenvalue weighted by atomic mass is 10.3. The van der Waals surface area contributed by atoms with Crippen LogP contribution in [0.2, 0.25) is 0 Å². The summed E-state index contributed by atoms with van der Waals surface area (Å²) in [5, 5.41) is 0. The van der Waals surface area contributed by atoms with Crippen molar-refractivity contribution in [1.29, 1.82) is 0 Å². The van der Waals surface area contributed by atoms with E-state index in [-0.39, 0.29) is 5.91 Å². The van der Waals surface area contributed by atoms with Crippen LogP contribution in [-0.4, -0.2) is 23.9 Å². The molecule has 0 saturated carbocycles. The van der Waals surface area contributed by atoms with Gasteiger partial charge in [-0.15, -0.1) is 11.3 Å². The lowest BCUT2D eigenvalue weighted by Crippen LogP contribution is -2.31. The molecule has 1 amide bonds. The number of hydrogen-bond donors (Lipinski definition) is 1. The van der Waals surface area contributed by atoms with E-state index in [1.165, 1.54) is 11.3 Å². The number of amides is 1. The normalized spacial score (nSPS) is 10.2. The van der Waals surface area contributed by atoms with Crippen LogP contribution >= 0.6 is 11.3 Å². The molecule has 0 aliphatic heterocycles. The number of likely N-dealkylation sites (N-methyl/N-ethyl adjacent to an activating group) is 1. The second-order valence-electron chi connectivity index (χ2n) is 3.90. The molecule has 1 aromatic heterocycles. The van der Waals surface area contributed by atoms with Crippen molar-refractivity contribution in [2.75, 3.05) is 18.8 Å². The van der Waals surface area contributed by atoms with E-state index in [1.54, 1.807) is 11.0 Å². The van der Waals surface area contributed by atoms with E-state index in [2.05, 4.69) is 6.58 Å². The number of carbonyl (C=O) groups is 1. The van der Waals surface area contributed by atoms with E-state index in [9.17, 15) is 4.79 Å². The molecule has 0 aromatic carbocycles. The molecule has 4 heteroatoms. The summed E-state index contributed by atoms with van der Waals surface area (Å²) >= 11 is 1.45. The summed E-state index contributed by atoms with van der Waals surface area (Å²) in [6, 6.07) is 1.75. The highest BCUT2D eigenvalue weighted by molar-refractivity contribution is 7.14. The van der Waals surface area contributed by atoms with Gasteiger partial charge < -0.3 is 10.6 Å². The lowest BCUT2D eigenvalue weighted by Gasteiger charge is -2.19. The SMILES string of the molecule is C=C(C)CN(CC)C(=O)c1cc(N)c(C)s1. The number of carbonyl (C=O) groups excluding carboxylic acids is 1. The smallest absolute Gasteiger partial charge is 0.264 e. The van der Waals surface area contributed by atoms with Gasteiger partial charge in [0.05, 0.1) is 4.88 Å². The summed E-state index contributed by atoms with van der Waals surface area (Å²) in [5.74, 6) is 0.0373. The zero-order valence-electron chi connectivity index (χ0n) is 10.0. The first-order valence-electron chi connectivity index (χ1n) is 5.25. The van der Waals surface area contributed by atoms with Gasteiger partial charge in [0.25, 0.3) is 5.91 Å². The number of thiophene rings is 1. The summed E-state index contributed by atoms with van der Waals surface area (Å²) in [6.45, 7) is 10.9. The van der Waals surface area contributed by atoms with Gasteiger partial charge in [-0.25, -0.2) is 0 Å². The number of nitrogens with two attached hydrogens (primary N) is 1. The third kappa shape index (κ3) is 2.85. The van der Waals surface area contributed by atoms with E-state index in [0.29, 0.717) is 23.7 Å². The quantitative estimate of drug-likeness (QED) is 0.820. The van der Waals surface area contributed by atoms with Crippen LogP contribution in [-0.2, 0) is 0 Å². The number of hydrogen-bond acceptors (Lipinski definition) is 3. The molecule has 2 N–H and O–H groups in total. The Hall–Kier alpha value is -1.29. The van der Waals surface area contributed by atoms with Crippen LogP contribution in [0.15, 0.2) is 18.2 Å². The van der Waals surface area contributed by atoms with Gasteiger partial charge in [-0.2, -0.15) is 0 Å². The summed E-state index contributed by atoms with van der Waals surface area (Å²) in [4.78, 5) is 15.6. The molecule has 88 valence electrons. The lowest BCUT2D eigenvalue weighted by molar-refractivity contribution is 0.0783. The summed E-state index contributed by atoms with van der Waals surface area (Å²) in [5.41, 5.74) is 7.42. The van der Waals surface area contributed by atoms with E-state index < -0.39 is 0 Å². The zero-order valence-corrected chi connectivity index (χ0v) is 10.9. The van der Waals surface area contributed by atoms with Crippen molar-refractivity contribution in [2.24, 2.45) is 0 Å². The van der Waals surface area contributed by atoms with Crippen molar-refractivity contribution in [3.63, 3.8) is 0 Å². The third-order valence-electron chi connectivity index (χ3n) is 2.30. The average molecular weight is 238 g/mol. The number of anilines is 1. The average Bonchev–Trinajstić information content (AvgIpc) is 2.54. The molecule has 0 aliphatic rings. The van der Waals surface area contributed by atoms with Crippen LogP contribution in [0.25, 0.3) is 0 Å². The second kappa shape index (κ2) is 5.16. The van der Waals surface area contributed by atoms with E-state index in [1.807, 2.05) is 20.8 Å². The number of aryl methyl sites for hydroxylation is 1. The fraction of sp³-hybridized carbons (Fsp3) is 0.417. The van der Waals surface area contributed by atoms with Gasteiger partial charge in [-0.3, -0.25) is 4.79 Å². The number of nitrogen functional groups attached to an aromatic ring is 1. The maximum atomic E-state index is 12.1. The van der Waals surface area contributed by atoms with E-state index in [4.69, 9.17) is 5.73 Å². The second-order valence-corrected chi connectivity index (χ2v) is 5.15. The molecule has 16 heavy (non-hydrogen) atoms. The Bertz CT molecular complexity index is 390. The molecular weight excluding hydrogens is 220 g/mol. The van der Waals surface area contributed by atoms with Crippen LogP contribution in [0.3, 0.4) is 0 Å². The van der Waals surface area contributed by atoms with Crippen LogP contribution in [0.5, 0.6) is 0 Å². The Morgan fingerprint density at radius 2 is 2.25 bits per heavy atom. The molecule has 0 fully saturated rings. The summed E-state index contributed by atoms with van der Waals surface area (Å²) in [6.07, 6.45) is 0. The Morgan fingerprint density at radius 3 is 2.62 bits per heavy atom. The van der Waals surface area contributed by atoms with Crippen LogP contribution < -0.4 is 5.73 Å². The molecule has 0 bridgehead atoms. The molecule has 0 spiro atoms. The molecule has 0 aliphatic carbocycles. The molecule has 0 unspecified atom stereocenters. The summed E-state index contributed by atoms with van der Waals surface area (Å²) < 4.78 is 0. The highest BCUT2D eigenvalue weighted by Crippen LogP contribution is 2.24. The molecule has 1 aromatic rings. The van der Waals surface area contributed by atoms with Crippen LogP contribution in [0, 0.1) is 6.92 Å². The third-order valence-corrected chi connectivity index (χ3v) is 3.35. The predicted molar refractivity (Wildman–Crippen MR) is 69.9 cm³/mol. The summed E-state index contributed by atoms with van der Waals surface area (Å²) in [7, 11) is 0. The van der Waals surface area contributed by atoms with Crippen molar-refractivity contribution < 1.29 is 4.79 Å². The van der Waals surface area contributed by atoms with Gasteiger partial charge in [0, 0.05) is 23.7 Å². The van der Waals surface area contributed by atoms with Gasteiger partial charge in [0.1, 0.15) is 0 Å². The Labute approximate surface area is 101 Å². The molecule has 3 nitrogen and oxygen atoms in total. The van der Waals surface area contributed by atoms with Crippen molar-refractivity contribution in [1.82, 2.24) is 4.90 Å². The molecule has 0 atom stereocenters. The minimum absolute atomic E-state index is 0.0373. The van der Waals surface area contributed by atoms with Gasteiger partial charge in [-0.1, -0.05) is 12.2 Å². The zero-order chi connectivity index (χ0) is 12.3. The van der Waals surface area contributed by atoms with Crippen LogP contribution in [0.4, 0.5) is 5.69 Å². The first kappa shape index (κ1) is 12.8. The van der Waals surface area contributed by atoms with E-state index in [0.717, 1.165) is 10.5 Å². The fourth-order valence-electron chi connectivity index (χ4n) is 1.41. The van der Waals surface area contributed by atoms with Gasteiger partial charge in [-0.05, 0) is 26.8 Å². The van der Waals surface area contributed by atoms with Crippen LogP contribution in [0.1, 0.15) is 28.4 Å². The van der Waals surface area contributed by atoms with Crippen molar-refractivity contribution in [3.05, 3.63) is 28.0 Å². The van der Waals surface area contributed by atoms with Crippen molar-refractivity contribution in [3.8, 4) is 0 Å². The molecule has 0 saturated heterocycles. The highest BCUT2D eigenvalue weighted by atomic mass is 32.1. The maximum Gasteiger partial charge on any atom is 0.264 e. The Morgan fingerprint density at radius 1 is 1.62 bits per heavy atom. The fourth-order valence-corrected chi connectivity index (χ4v) is 2.32. The van der Waals surface area contributed by atoms with Gasteiger partial charge in [0.2, 0.25) is 0 Å². The van der Waals surface area contributed by atoms with Crippen molar-refractivity contribution >= 4 is 22.9 Å². The van der Waals surface area contributed by atoms with Gasteiger partial charge >= 0.3 is 0 Å². The minimum Gasteiger partial charge on any atom is -0.398 e. The predicted octanol–water partition coefficient (Wildman–Crippen LogP) is 2.68. The Balaban J connectivity index is 2.86. The maximum absolute atomic E-state index is 12.1. The molecule has 0 radical (unpaired) electrons. The van der Waals surface area contributed by atoms with E-state index >= 15 is 0 Å². The first-order valence-corrected chi connectivity index (χ1v) is 6.07. The standard InChI is InChI=1S/C12H18N2OS/c1-5-14(7-8(2)3)12(15)11-6-10(13)9(4)16-11/h6H,2,5,7,13H2,1,3-4H3. The molecule has 1 rings (SSSR count). The monoisotopic (exact) mass is 238 g/mol. The molecular formula is C12H18N2OS. The largest absolute Gasteiger partial charge is 0.398 e. The van der Waals surface area contributed by atoms with Crippen molar-refractivity contribution in [2.45, 2.75) is 20.8 Å². The Kier molecular flexibility index (Phi) is 4.12. The number of rotatable bonds is 4. The minimum atomic E-state index is 0.0373. The van der Waals surface area contributed by atoms with Gasteiger partial charge in [0.15, 0.2) is 0 Å². The topological polar surface area (TPSA) is 46.3 Å².